The summed E-state index contributed by atoms with van der Waals surface area (Å²) in [6, 6.07) is 20.0. The number of aromatic nitrogens is 4. The molecule has 4 aromatic rings. The van der Waals surface area contributed by atoms with Crippen LogP contribution in [0.1, 0.15) is 16.7 Å². The molecule has 0 fully saturated rings. The third-order valence-corrected chi connectivity index (χ3v) is 4.71. The Labute approximate surface area is 175 Å². The van der Waals surface area contributed by atoms with Gasteiger partial charge in [0.2, 0.25) is 5.91 Å². The van der Waals surface area contributed by atoms with Crippen molar-refractivity contribution >= 4 is 12.0 Å². The molecule has 4 rings (SSSR count). The summed E-state index contributed by atoms with van der Waals surface area (Å²) >= 11 is 0. The van der Waals surface area contributed by atoms with Crippen LogP contribution in [0.15, 0.2) is 91.5 Å². The van der Waals surface area contributed by atoms with E-state index in [1.54, 1.807) is 36.5 Å². The van der Waals surface area contributed by atoms with E-state index in [-0.39, 0.29) is 5.91 Å². The largest absolute Gasteiger partial charge is 0.338 e. The number of para-hydroxylation sites is 1. The van der Waals surface area contributed by atoms with E-state index in [0.29, 0.717) is 13.1 Å². The first-order chi connectivity index (χ1) is 14.7. The third kappa shape index (κ3) is 4.91. The van der Waals surface area contributed by atoms with E-state index in [9.17, 15) is 4.79 Å². The number of amides is 1. The predicted octanol–water partition coefficient (Wildman–Crippen LogP) is 3.79. The van der Waals surface area contributed by atoms with E-state index in [1.807, 2.05) is 70.3 Å². The Morgan fingerprint density at radius 1 is 0.933 bits per heavy atom. The fourth-order valence-electron chi connectivity index (χ4n) is 3.13. The minimum Gasteiger partial charge on any atom is -0.338 e. The molecule has 0 radical (unpaired) electrons. The molecule has 2 aromatic carbocycles. The lowest BCUT2D eigenvalue weighted by molar-refractivity contribution is -0.125. The molecule has 0 N–H and O–H groups in total. The molecule has 0 aliphatic carbocycles. The molecule has 0 atom stereocenters. The molecule has 0 spiro atoms. The number of carbonyl (C=O) groups excluding carboxylic acids is 1. The second kappa shape index (κ2) is 9.05. The number of benzene rings is 2. The van der Waals surface area contributed by atoms with E-state index in [1.165, 1.54) is 5.56 Å². The van der Waals surface area contributed by atoms with E-state index < -0.39 is 0 Å². The Morgan fingerprint density at radius 2 is 1.67 bits per heavy atom. The van der Waals surface area contributed by atoms with Crippen molar-refractivity contribution in [3.8, 4) is 5.69 Å². The maximum Gasteiger partial charge on any atom is 0.246 e. The van der Waals surface area contributed by atoms with E-state index in [2.05, 4.69) is 22.3 Å². The zero-order valence-corrected chi connectivity index (χ0v) is 16.8. The van der Waals surface area contributed by atoms with Crippen molar-refractivity contribution in [2.75, 3.05) is 7.05 Å². The van der Waals surface area contributed by atoms with Crippen LogP contribution in [-0.2, 0) is 17.9 Å². The fourth-order valence-corrected chi connectivity index (χ4v) is 3.13. The molecule has 0 aliphatic heterocycles. The summed E-state index contributed by atoms with van der Waals surface area (Å²) in [5.41, 5.74) is 4.04. The zero-order valence-electron chi connectivity index (χ0n) is 16.8. The monoisotopic (exact) mass is 397 g/mol. The Balaban J connectivity index is 1.33. The predicted molar refractivity (Wildman–Crippen MR) is 117 cm³/mol. The second-order valence-corrected chi connectivity index (χ2v) is 7.11. The summed E-state index contributed by atoms with van der Waals surface area (Å²) in [5, 5.41) is 8.74. The van der Waals surface area contributed by atoms with Gasteiger partial charge in [0, 0.05) is 43.2 Å². The van der Waals surface area contributed by atoms with Gasteiger partial charge in [0.15, 0.2) is 0 Å². The Bertz CT molecular complexity index is 1130. The van der Waals surface area contributed by atoms with Crippen LogP contribution < -0.4 is 0 Å². The highest BCUT2D eigenvalue weighted by Crippen LogP contribution is 2.10. The maximum absolute atomic E-state index is 12.5. The SMILES string of the molecule is CN(Cc1cnn(-c2ccccc2)c1)C(=O)/C=C/c1cnn(Cc2ccccc2)c1. The van der Waals surface area contributed by atoms with Gasteiger partial charge in [-0.15, -0.1) is 0 Å². The van der Waals surface area contributed by atoms with Gasteiger partial charge in [0.1, 0.15) is 0 Å². The van der Waals surface area contributed by atoms with Gasteiger partial charge in [-0.3, -0.25) is 9.48 Å². The smallest absolute Gasteiger partial charge is 0.246 e. The normalized spacial score (nSPS) is 11.1. The molecule has 2 aromatic heterocycles. The van der Waals surface area contributed by atoms with Crippen LogP contribution in [0, 0.1) is 0 Å². The van der Waals surface area contributed by atoms with Crippen LogP contribution in [0.4, 0.5) is 0 Å². The van der Waals surface area contributed by atoms with Crippen molar-refractivity contribution < 1.29 is 4.79 Å². The Morgan fingerprint density at radius 3 is 2.43 bits per heavy atom. The molecular weight excluding hydrogens is 374 g/mol. The molecule has 6 heteroatoms. The molecule has 2 heterocycles. The van der Waals surface area contributed by atoms with Crippen LogP contribution in [0.5, 0.6) is 0 Å². The standard InChI is InChI=1S/C24H23N5O/c1-27(16-22-15-26-29(19-22)23-10-6-3-7-11-23)24(30)13-12-21-14-25-28(18-21)17-20-8-4-2-5-9-20/h2-15,18-19H,16-17H2,1H3/b13-12+. The van der Waals surface area contributed by atoms with Gasteiger partial charge in [0.05, 0.1) is 24.6 Å². The summed E-state index contributed by atoms with van der Waals surface area (Å²) in [6.45, 7) is 1.19. The average molecular weight is 397 g/mol. The van der Waals surface area contributed by atoms with Crippen LogP contribution >= 0.6 is 0 Å². The van der Waals surface area contributed by atoms with Gasteiger partial charge in [-0.05, 0) is 23.8 Å². The zero-order chi connectivity index (χ0) is 20.8. The lowest BCUT2D eigenvalue weighted by Crippen LogP contribution is -2.23. The minimum absolute atomic E-state index is 0.0710. The summed E-state index contributed by atoms with van der Waals surface area (Å²) in [7, 11) is 1.78. The Hall–Kier alpha value is -3.93. The molecular formula is C24H23N5O. The first-order valence-electron chi connectivity index (χ1n) is 9.76. The lowest BCUT2D eigenvalue weighted by Gasteiger charge is -2.13. The molecule has 0 unspecified atom stereocenters. The number of likely N-dealkylation sites (N-methyl/N-ethyl adjacent to an activating group) is 1. The first kappa shape index (κ1) is 19.4. The van der Waals surface area contributed by atoms with Crippen molar-refractivity contribution in [1.29, 1.82) is 0 Å². The molecule has 0 bridgehead atoms. The van der Waals surface area contributed by atoms with E-state index in [0.717, 1.165) is 16.8 Å². The van der Waals surface area contributed by atoms with Gasteiger partial charge >= 0.3 is 0 Å². The average Bonchev–Trinajstić information content (AvgIpc) is 3.43. The summed E-state index contributed by atoms with van der Waals surface area (Å²) in [5.74, 6) is -0.0710. The van der Waals surface area contributed by atoms with Crippen LogP contribution in [-0.4, -0.2) is 37.4 Å². The van der Waals surface area contributed by atoms with Gasteiger partial charge in [-0.1, -0.05) is 48.5 Å². The van der Waals surface area contributed by atoms with Gasteiger partial charge in [-0.25, -0.2) is 4.68 Å². The molecule has 1 amide bonds. The van der Waals surface area contributed by atoms with Crippen LogP contribution in [0.25, 0.3) is 11.8 Å². The number of nitrogens with zero attached hydrogens (tertiary/aromatic N) is 5. The second-order valence-electron chi connectivity index (χ2n) is 7.11. The topological polar surface area (TPSA) is 56.0 Å². The summed E-state index contributed by atoms with van der Waals surface area (Å²) < 4.78 is 3.67. The third-order valence-electron chi connectivity index (χ3n) is 4.71. The van der Waals surface area contributed by atoms with Crippen molar-refractivity contribution in [3.05, 3.63) is 108 Å². The number of hydrogen-bond acceptors (Lipinski definition) is 3. The van der Waals surface area contributed by atoms with Crippen molar-refractivity contribution in [2.45, 2.75) is 13.1 Å². The molecule has 0 saturated heterocycles. The molecule has 150 valence electrons. The van der Waals surface area contributed by atoms with Gasteiger partial charge < -0.3 is 4.90 Å². The van der Waals surface area contributed by atoms with Gasteiger partial charge in [-0.2, -0.15) is 10.2 Å². The van der Waals surface area contributed by atoms with Gasteiger partial charge in [0.25, 0.3) is 0 Å². The highest BCUT2D eigenvalue weighted by atomic mass is 16.2. The van der Waals surface area contributed by atoms with Crippen LogP contribution in [0.3, 0.4) is 0 Å². The highest BCUT2D eigenvalue weighted by molar-refractivity contribution is 5.91. The maximum atomic E-state index is 12.5. The van der Waals surface area contributed by atoms with E-state index >= 15 is 0 Å². The Kier molecular flexibility index (Phi) is 5.85. The summed E-state index contributed by atoms with van der Waals surface area (Å²) in [6.07, 6.45) is 10.8. The fraction of sp³-hybridized carbons (Fsp3) is 0.125. The van der Waals surface area contributed by atoms with Crippen molar-refractivity contribution in [3.63, 3.8) is 0 Å². The quantitative estimate of drug-likeness (QED) is 0.446. The first-order valence-corrected chi connectivity index (χ1v) is 9.76. The molecule has 6 nitrogen and oxygen atoms in total. The van der Waals surface area contributed by atoms with Crippen molar-refractivity contribution in [1.82, 2.24) is 24.5 Å². The van der Waals surface area contributed by atoms with E-state index in [4.69, 9.17) is 0 Å². The lowest BCUT2D eigenvalue weighted by atomic mass is 10.2. The van der Waals surface area contributed by atoms with Crippen molar-refractivity contribution in [2.24, 2.45) is 0 Å². The minimum atomic E-state index is -0.0710. The number of carbonyl (C=O) groups is 1. The number of rotatable bonds is 7. The highest BCUT2D eigenvalue weighted by Gasteiger charge is 2.08. The molecule has 0 aliphatic rings. The van der Waals surface area contributed by atoms with Crippen LogP contribution in [0.2, 0.25) is 0 Å². The molecule has 0 saturated carbocycles. The summed E-state index contributed by atoms with van der Waals surface area (Å²) in [4.78, 5) is 14.1. The number of hydrogen-bond donors (Lipinski definition) is 0. The molecule has 30 heavy (non-hydrogen) atoms.